The Morgan fingerprint density at radius 3 is 2.06 bits per heavy atom. The first-order chi connectivity index (χ1) is 7.26. The van der Waals surface area contributed by atoms with Crippen LogP contribution < -0.4 is 5.73 Å². The number of nitrogens with zero attached hydrogens (tertiary/aromatic N) is 1. The highest BCUT2D eigenvalue weighted by Gasteiger charge is 2.14. The van der Waals surface area contributed by atoms with Crippen LogP contribution in [0, 0.1) is 11.6 Å². The normalized spacial score (nSPS) is 11.5. The molecule has 0 spiro atoms. The fraction of sp³-hybridized carbons (Fsp3) is 0.500. The van der Waals surface area contributed by atoms with Crippen LogP contribution in [0.1, 0.15) is 19.4 Å². The lowest BCUT2D eigenvalue weighted by molar-refractivity contribution is 0.262. The van der Waals surface area contributed by atoms with Gasteiger partial charge < -0.3 is 10.6 Å². The Kier molecular flexibility index (Phi) is 6.02. The zero-order valence-electron chi connectivity index (χ0n) is 10.3. The predicted molar refractivity (Wildman–Crippen MR) is 68.2 cm³/mol. The second-order valence-corrected chi connectivity index (χ2v) is 4.94. The summed E-state index contributed by atoms with van der Waals surface area (Å²) in [5.41, 5.74) is 6.16. The van der Waals surface area contributed by atoms with E-state index in [0.29, 0.717) is 18.7 Å². The molecule has 0 radical (unpaired) electrons. The highest BCUT2D eigenvalue weighted by atomic mass is 35.5. The Labute approximate surface area is 107 Å². The largest absolute Gasteiger partial charge is 0.324 e. The highest BCUT2D eigenvalue weighted by molar-refractivity contribution is 5.85. The number of rotatable bonds is 4. The van der Waals surface area contributed by atoms with Crippen LogP contribution in [0.25, 0.3) is 0 Å². The van der Waals surface area contributed by atoms with E-state index in [0.717, 1.165) is 6.07 Å². The maximum absolute atomic E-state index is 12.9. The molecule has 0 amide bonds. The van der Waals surface area contributed by atoms with Gasteiger partial charge in [-0.25, -0.2) is 8.78 Å². The number of benzene rings is 1. The first kappa shape index (κ1) is 16.3. The molecule has 2 nitrogen and oxygen atoms in total. The molecule has 0 heterocycles. The number of hydrogen-bond donors (Lipinski definition) is 1. The van der Waals surface area contributed by atoms with Gasteiger partial charge in [0.05, 0.1) is 0 Å². The Hall–Kier alpha value is -0.710. The van der Waals surface area contributed by atoms with E-state index < -0.39 is 11.6 Å². The molecule has 5 heteroatoms. The minimum absolute atomic E-state index is 0. The van der Waals surface area contributed by atoms with Gasteiger partial charge in [-0.15, -0.1) is 12.4 Å². The lowest BCUT2D eigenvalue weighted by atomic mass is 10.1. The summed E-state index contributed by atoms with van der Waals surface area (Å²) >= 11 is 0. The summed E-state index contributed by atoms with van der Waals surface area (Å²) < 4.78 is 25.9. The third kappa shape index (κ3) is 6.56. The molecule has 1 aromatic carbocycles. The lowest BCUT2D eigenvalue weighted by Crippen LogP contribution is -2.43. The Bertz CT molecular complexity index is 344. The van der Waals surface area contributed by atoms with Gasteiger partial charge in [0.25, 0.3) is 0 Å². The predicted octanol–water partition coefficient (Wildman–Crippen LogP) is 2.56. The second-order valence-electron chi connectivity index (χ2n) is 4.94. The van der Waals surface area contributed by atoms with Crippen LogP contribution in [0.15, 0.2) is 18.2 Å². The molecule has 0 saturated carbocycles. The summed E-state index contributed by atoms with van der Waals surface area (Å²) in [6.45, 7) is 4.96. The van der Waals surface area contributed by atoms with Crippen molar-refractivity contribution in [1.82, 2.24) is 4.90 Å². The zero-order valence-corrected chi connectivity index (χ0v) is 11.2. The van der Waals surface area contributed by atoms with E-state index >= 15 is 0 Å². The quantitative estimate of drug-likeness (QED) is 0.906. The average Bonchev–Trinajstić information content (AvgIpc) is 1.96. The smallest absolute Gasteiger partial charge is 0.126 e. The average molecular weight is 265 g/mol. The van der Waals surface area contributed by atoms with Crippen LogP contribution in [0.3, 0.4) is 0 Å². The highest BCUT2D eigenvalue weighted by Crippen LogP contribution is 2.11. The lowest BCUT2D eigenvalue weighted by Gasteiger charge is -2.26. The molecule has 98 valence electrons. The Morgan fingerprint density at radius 1 is 1.18 bits per heavy atom. The molecule has 0 unspecified atom stereocenters. The summed E-state index contributed by atoms with van der Waals surface area (Å²) in [5, 5.41) is 0. The van der Waals surface area contributed by atoms with Gasteiger partial charge in [0.1, 0.15) is 11.6 Å². The molecule has 0 aromatic heterocycles. The van der Waals surface area contributed by atoms with Crippen molar-refractivity contribution in [3.05, 3.63) is 35.4 Å². The number of nitrogens with two attached hydrogens (primary N) is 1. The molecule has 1 rings (SSSR count). The topological polar surface area (TPSA) is 29.3 Å². The standard InChI is InChI=1S/C12H18F2N2.ClH/c1-12(2,15)8-16(3)7-9-4-10(13)6-11(14)5-9;/h4-6H,7-8,15H2,1-3H3;1H. The van der Waals surface area contributed by atoms with Gasteiger partial charge in [-0.1, -0.05) is 0 Å². The van der Waals surface area contributed by atoms with Crippen molar-refractivity contribution in [1.29, 1.82) is 0 Å². The molecule has 0 aliphatic heterocycles. The fourth-order valence-corrected chi connectivity index (χ4v) is 1.77. The van der Waals surface area contributed by atoms with Gasteiger partial charge in [0, 0.05) is 24.7 Å². The van der Waals surface area contributed by atoms with E-state index in [1.807, 2.05) is 25.8 Å². The van der Waals surface area contributed by atoms with E-state index in [1.54, 1.807) is 0 Å². The zero-order chi connectivity index (χ0) is 12.3. The molecule has 0 aliphatic rings. The minimum atomic E-state index is -0.546. The van der Waals surface area contributed by atoms with Crippen LogP contribution >= 0.6 is 12.4 Å². The number of likely N-dealkylation sites (N-methyl/N-ethyl adjacent to an activating group) is 1. The summed E-state index contributed by atoms with van der Waals surface area (Å²) in [7, 11) is 1.87. The molecule has 0 aliphatic carbocycles. The number of hydrogen-bond acceptors (Lipinski definition) is 2. The minimum Gasteiger partial charge on any atom is -0.324 e. The maximum Gasteiger partial charge on any atom is 0.126 e. The third-order valence-corrected chi connectivity index (χ3v) is 2.05. The van der Waals surface area contributed by atoms with Crippen molar-refractivity contribution >= 4 is 12.4 Å². The van der Waals surface area contributed by atoms with E-state index in [4.69, 9.17) is 5.73 Å². The van der Waals surface area contributed by atoms with Gasteiger partial charge in [0.2, 0.25) is 0 Å². The molecular weight excluding hydrogens is 246 g/mol. The van der Waals surface area contributed by atoms with Crippen molar-refractivity contribution in [2.75, 3.05) is 13.6 Å². The second kappa shape index (κ2) is 6.28. The molecule has 0 saturated heterocycles. The summed E-state index contributed by atoms with van der Waals surface area (Å²) in [6, 6.07) is 3.54. The van der Waals surface area contributed by atoms with E-state index in [9.17, 15) is 8.78 Å². The summed E-state index contributed by atoms with van der Waals surface area (Å²) in [5.74, 6) is -1.09. The van der Waals surface area contributed by atoms with Gasteiger partial charge in [-0.3, -0.25) is 0 Å². The Balaban J connectivity index is 0.00000256. The van der Waals surface area contributed by atoms with E-state index in [2.05, 4.69) is 0 Å². The number of halogens is 3. The van der Waals surface area contributed by atoms with Crippen LogP contribution in [-0.2, 0) is 6.54 Å². The van der Waals surface area contributed by atoms with Crippen molar-refractivity contribution in [2.45, 2.75) is 25.9 Å². The van der Waals surface area contributed by atoms with Crippen molar-refractivity contribution in [3.8, 4) is 0 Å². The van der Waals surface area contributed by atoms with E-state index in [1.165, 1.54) is 12.1 Å². The summed E-state index contributed by atoms with van der Waals surface area (Å²) in [4.78, 5) is 1.94. The van der Waals surface area contributed by atoms with Crippen molar-refractivity contribution in [2.24, 2.45) is 5.73 Å². The molecule has 2 N–H and O–H groups in total. The van der Waals surface area contributed by atoms with Crippen LogP contribution in [-0.4, -0.2) is 24.0 Å². The van der Waals surface area contributed by atoms with Crippen LogP contribution in [0.4, 0.5) is 8.78 Å². The van der Waals surface area contributed by atoms with Crippen LogP contribution in [0.5, 0.6) is 0 Å². The first-order valence-electron chi connectivity index (χ1n) is 5.19. The molecule has 0 bridgehead atoms. The van der Waals surface area contributed by atoms with Crippen molar-refractivity contribution in [3.63, 3.8) is 0 Å². The molecule has 17 heavy (non-hydrogen) atoms. The SMILES string of the molecule is CN(Cc1cc(F)cc(F)c1)CC(C)(C)N.Cl. The first-order valence-corrected chi connectivity index (χ1v) is 5.19. The molecule has 1 aromatic rings. The molecule has 0 fully saturated rings. The van der Waals surface area contributed by atoms with E-state index in [-0.39, 0.29) is 17.9 Å². The van der Waals surface area contributed by atoms with Gasteiger partial charge in [-0.2, -0.15) is 0 Å². The Morgan fingerprint density at radius 2 is 1.65 bits per heavy atom. The molecule has 0 atom stereocenters. The maximum atomic E-state index is 12.9. The van der Waals surface area contributed by atoms with Gasteiger partial charge >= 0.3 is 0 Å². The van der Waals surface area contributed by atoms with Crippen LogP contribution in [0.2, 0.25) is 0 Å². The summed E-state index contributed by atoms with van der Waals surface area (Å²) in [6.07, 6.45) is 0. The van der Waals surface area contributed by atoms with Gasteiger partial charge in [0.15, 0.2) is 0 Å². The molecular formula is C12H19ClF2N2. The fourth-order valence-electron chi connectivity index (χ4n) is 1.77. The van der Waals surface area contributed by atoms with Crippen molar-refractivity contribution < 1.29 is 8.78 Å². The monoisotopic (exact) mass is 264 g/mol. The third-order valence-electron chi connectivity index (χ3n) is 2.05. The van der Waals surface area contributed by atoms with Gasteiger partial charge in [-0.05, 0) is 38.6 Å².